The summed E-state index contributed by atoms with van der Waals surface area (Å²) in [5, 5.41) is 23.3. The van der Waals surface area contributed by atoms with E-state index in [1.54, 1.807) is 41.5 Å². The molecule has 0 aromatic heterocycles. The van der Waals surface area contributed by atoms with E-state index in [0.717, 1.165) is 15.7 Å². The Kier molecular flexibility index (Phi) is 40.2. The van der Waals surface area contributed by atoms with Gasteiger partial charge >= 0.3 is 0 Å². The number of aliphatic hydroxyl groups is 1. The highest BCUT2D eigenvalue weighted by Gasteiger charge is 2.46. The van der Waals surface area contributed by atoms with Crippen molar-refractivity contribution in [2.75, 3.05) is 74.0 Å². The first kappa shape index (κ1) is 88.7. The predicted molar refractivity (Wildman–Crippen MR) is 373 cm³/mol. The Morgan fingerprint density at radius 1 is 0.495 bits per heavy atom. The number of nitrogens with one attached hydrogen (secondary N) is 4. The van der Waals surface area contributed by atoms with Crippen molar-refractivity contribution in [2.45, 2.75) is 237 Å². The van der Waals surface area contributed by atoms with Gasteiger partial charge in [-0.15, -0.1) is 0 Å². The maximum atomic E-state index is 15.3. The quantitative estimate of drug-likeness (QED) is 0.0585. The Hall–Kier alpha value is -6.31. The van der Waals surface area contributed by atoms with Gasteiger partial charge in [0.25, 0.3) is 6.47 Å². The van der Waals surface area contributed by atoms with Crippen LogP contribution in [0.5, 0.6) is 0 Å². The second-order valence-electron chi connectivity index (χ2n) is 28.8. The lowest BCUT2D eigenvalue weighted by Crippen LogP contribution is -2.63. The van der Waals surface area contributed by atoms with E-state index in [9.17, 15) is 48.3 Å². The third-order valence-electron chi connectivity index (χ3n) is 16.6. The van der Waals surface area contributed by atoms with E-state index < -0.39 is 156 Å². The van der Waals surface area contributed by atoms with E-state index in [-0.39, 0.29) is 68.8 Å². The van der Waals surface area contributed by atoms with Gasteiger partial charge in [0.1, 0.15) is 67.0 Å². The van der Waals surface area contributed by atoms with E-state index in [1.807, 2.05) is 67.5 Å². The molecular formula is C69H125N11O14S. The second-order valence-corrected chi connectivity index (χ2v) is 29.9. The number of allylic oxidation sites excluding steroid dienone is 1. The molecule has 0 aromatic rings. The summed E-state index contributed by atoms with van der Waals surface area (Å²) in [7, 11) is 9.85. The minimum absolute atomic E-state index is 0.00518. The Bertz CT molecular complexity index is 2530. The van der Waals surface area contributed by atoms with Crippen LogP contribution in [-0.4, -0.2) is 251 Å². The number of hydrogen-bond donors (Lipinski definition) is 5. The van der Waals surface area contributed by atoms with Gasteiger partial charge in [-0.25, -0.2) is 0 Å². The van der Waals surface area contributed by atoms with Gasteiger partial charge in [0.15, 0.2) is 0 Å². The normalized spacial score (nSPS) is 25.1. The molecule has 1 rings (SSSR count). The molecule has 25 nitrogen and oxygen atoms in total. The molecule has 0 radical (unpaired) electrons. The number of aliphatic hydroxyl groups excluding tert-OH is 1. The van der Waals surface area contributed by atoms with Gasteiger partial charge in [-0.05, 0) is 99.7 Å². The lowest BCUT2D eigenvalue weighted by molar-refractivity contribution is -0.157. The van der Waals surface area contributed by atoms with Crippen molar-refractivity contribution >= 4 is 83.2 Å². The van der Waals surface area contributed by atoms with Crippen molar-refractivity contribution in [3.05, 3.63) is 12.2 Å². The van der Waals surface area contributed by atoms with Crippen LogP contribution in [0.1, 0.15) is 170 Å². The average Bonchev–Trinajstić information content (AvgIpc) is 0.809. The molecule has 95 heavy (non-hydrogen) atoms. The van der Waals surface area contributed by atoms with Gasteiger partial charge in [0.05, 0.1) is 12.6 Å². The van der Waals surface area contributed by atoms with E-state index in [2.05, 4.69) is 42.0 Å². The molecular weight excluding hydrogens is 1240 g/mol. The number of rotatable bonds is 21. The molecule has 546 valence electrons. The zero-order chi connectivity index (χ0) is 73.8. The molecule has 1 aliphatic heterocycles. The number of thioether (sulfide) groups is 1. The van der Waals surface area contributed by atoms with E-state index in [0.29, 0.717) is 18.0 Å². The molecule has 1 aliphatic rings. The highest BCUT2D eigenvalue weighted by molar-refractivity contribution is 7.99. The van der Waals surface area contributed by atoms with E-state index in [1.165, 1.54) is 99.4 Å². The molecule has 26 heteroatoms. The molecule has 1 unspecified atom stereocenters. The lowest BCUT2D eigenvalue weighted by Gasteiger charge is -2.41. The van der Waals surface area contributed by atoms with Crippen LogP contribution in [0.3, 0.4) is 0 Å². The van der Waals surface area contributed by atoms with Gasteiger partial charge < -0.3 is 65.4 Å². The number of nitrogens with zero attached hydrogens (tertiary/aromatic N) is 7. The van der Waals surface area contributed by atoms with Crippen LogP contribution in [0.4, 0.5) is 0 Å². The molecule has 1 heterocycles. The number of hydrogen-bond acceptors (Lipinski definition) is 15. The molecule has 0 aromatic carbocycles. The zero-order valence-electron chi connectivity index (χ0n) is 62.6. The highest BCUT2D eigenvalue weighted by atomic mass is 32.2. The van der Waals surface area contributed by atoms with Gasteiger partial charge in [-0.3, -0.25) is 57.5 Å². The van der Waals surface area contributed by atoms with Crippen molar-refractivity contribution in [1.29, 1.82) is 0 Å². The van der Waals surface area contributed by atoms with Crippen LogP contribution < -0.4 is 21.3 Å². The standard InChI is InChI=1S/C65H115N11O14S.C4H10/c1-24-46-61(85)70(17)35-51(78)71(18)47(31-37(2)3)58(82)69-52(41(10)11)64(88)72(19)48(32-38(4)5)57(81)66-44(15)56(80)67-45(16)60(84)73(20)49(33-39(6)7)62(86)74(21)50(34-40(8)9)63(87)75(22)53(42(12)13)65(89)76(23)54(59(83)68-46)55(79)43(14)27-25-26-29-91-30-28-90-36-77;1-4(2)3/h25-26,36-50,52-55,79H,24,27-35H2,1-23H3,(H,66,81)(H,67,80)(H,68,83)(H,69,82);4H,1-3H3/b26-25+;/t43-,44+,45+,46+,47+,48+,49+,50+,52+,53+,54?,55-;/m1./s1. The summed E-state index contributed by atoms with van der Waals surface area (Å²) in [5.74, 6) is -8.17. The molecule has 11 amide bonds. The first-order valence-electron chi connectivity index (χ1n) is 34.0. The molecule has 12 atom stereocenters. The number of carbonyl (C=O) groups is 12. The minimum Gasteiger partial charge on any atom is -0.467 e. The minimum atomic E-state index is -1.67. The molecule has 5 N–H and O–H groups in total. The summed E-state index contributed by atoms with van der Waals surface area (Å²) in [6, 6.07) is -12.6. The number of amides is 11. The summed E-state index contributed by atoms with van der Waals surface area (Å²) in [6.45, 7) is 34.5. The van der Waals surface area contributed by atoms with Crippen LogP contribution >= 0.6 is 11.8 Å². The van der Waals surface area contributed by atoms with E-state index in [4.69, 9.17) is 4.74 Å². The predicted octanol–water partition coefficient (Wildman–Crippen LogP) is 4.82. The Labute approximate surface area is 573 Å². The Morgan fingerprint density at radius 2 is 0.926 bits per heavy atom. The third kappa shape index (κ3) is 28.7. The van der Waals surface area contributed by atoms with Crippen molar-refractivity contribution in [1.82, 2.24) is 55.6 Å². The fourth-order valence-electron chi connectivity index (χ4n) is 11.0. The largest absolute Gasteiger partial charge is 0.467 e. The van der Waals surface area contributed by atoms with Crippen LogP contribution in [-0.2, 0) is 62.3 Å². The Morgan fingerprint density at radius 3 is 1.39 bits per heavy atom. The molecule has 1 fully saturated rings. The zero-order valence-corrected chi connectivity index (χ0v) is 63.4. The van der Waals surface area contributed by atoms with Gasteiger partial charge in [0, 0.05) is 60.8 Å². The van der Waals surface area contributed by atoms with Crippen molar-refractivity contribution in [3.63, 3.8) is 0 Å². The summed E-state index contributed by atoms with van der Waals surface area (Å²) < 4.78 is 4.76. The first-order valence-corrected chi connectivity index (χ1v) is 35.1. The van der Waals surface area contributed by atoms with Gasteiger partial charge in [-0.1, -0.05) is 130 Å². The first-order chi connectivity index (χ1) is 43.9. The van der Waals surface area contributed by atoms with Crippen molar-refractivity contribution in [3.8, 4) is 0 Å². The van der Waals surface area contributed by atoms with Gasteiger partial charge in [0.2, 0.25) is 65.0 Å². The van der Waals surface area contributed by atoms with Crippen LogP contribution in [0.25, 0.3) is 0 Å². The molecule has 1 saturated heterocycles. The van der Waals surface area contributed by atoms with Crippen LogP contribution in [0, 0.1) is 47.3 Å². The highest BCUT2D eigenvalue weighted by Crippen LogP contribution is 2.26. The smallest absolute Gasteiger partial charge is 0.293 e. The summed E-state index contributed by atoms with van der Waals surface area (Å²) in [6.07, 6.45) is 2.90. The van der Waals surface area contributed by atoms with Crippen LogP contribution in [0.15, 0.2) is 12.2 Å². The van der Waals surface area contributed by atoms with Gasteiger partial charge in [-0.2, -0.15) is 11.8 Å². The second kappa shape index (κ2) is 43.1. The third-order valence-corrected chi connectivity index (χ3v) is 17.5. The Balaban J connectivity index is 0.0000214. The number of carbonyl (C=O) groups excluding carboxylic acids is 12. The topological polar surface area (TPSA) is 305 Å². The summed E-state index contributed by atoms with van der Waals surface area (Å²) in [4.78, 5) is 180. The lowest BCUT2D eigenvalue weighted by atomic mass is 9.91. The number of ether oxygens (including phenoxy) is 1. The maximum absolute atomic E-state index is 15.3. The average molecular weight is 1360 g/mol. The summed E-state index contributed by atoms with van der Waals surface area (Å²) in [5.41, 5.74) is 0. The van der Waals surface area contributed by atoms with Crippen molar-refractivity contribution in [2.24, 2.45) is 47.3 Å². The van der Waals surface area contributed by atoms with Crippen molar-refractivity contribution < 1.29 is 67.4 Å². The summed E-state index contributed by atoms with van der Waals surface area (Å²) >= 11 is 1.50. The molecule has 0 bridgehead atoms. The maximum Gasteiger partial charge on any atom is 0.293 e. The monoisotopic (exact) mass is 1360 g/mol. The molecule has 0 aliphatic carbocycles. The van der Waals surface area contributed by atoms with E-state index >= 15 is 14.4 Å². The number of likely N-dealkylation sites (N-methyl/N-ethyl adjacent to an activating group) is 7. The fourth-order valence-corrected chi connectivity index (χ4v) is 11.7. The SMILES string of the molecule is CC(C)C.CC[C@@H]1NC(=O)C([C@H](O)[C@H](C)C/C=C/CSCCOC=O)N(C)C(=O)[C@H](C(C)C)N(C)C(=O)[C@H](CC(C)C)N(C)C(=O)[C@H](CC(C)C)N(C)C(=O)[C@H](C)NC(=O)[C@H](C)NC(=O)[C@H](CC(C)C)N(C)C(=O)[C@H](C(C)C)NC(=O)[C@H](CC(C)C)N(C)C(=O)CN(C)C1=O. The molecule has 0 spiro atoms. The molecule has 0 saturated carbocycles. The van der Waals surface area contributed by atoms with Crippen LogP contribution in [0.2, 0.25) is 0 Å². The fraction of sp³-hybridized carbons (Fsp3) is 0.797.